The molecule has 0 radical (unpaired) electrons. The average molecular weight is 666 g/mol. The predicted octanol–water partition coefficient (Wildman–Crippen LogP) is 4.97. The molecule has 3 aliphatic rings. The van der Waals surface area contributed by atoms with Crippen LogP contribution in [0.1, 0.15) is 97.7 Å². The third-order valence-electron chi connectivity index (χ3n) is 10.7. The van der Waals surface area contributed by atoms with Crippen LogP contribution in [0.25, 0.3) is 0 Å². The van der Waals surface area contributed by atoms with E-state index < -0.39 is 18.3 Å². The smallest absolute Gasteiger partial charge is 0.332 e. The van der Waals surface area contributed by atoms with Crippen molar-refractivity contribution in [1.29, 1.82) is 0 Å². The van der Waals surface area contributed by atoms with Gasteiger partial charge >= 0.3 is 5.97 Å². The molecular weight excluding hydrogens is 618 g/mol. The first-order valence-corrected chi connectivity index (χ1v) is 17.0. The second-order valence-electron chi connectivity index (χ2n) is 13.6. The lowest BCUT2D eigenvalue weighted by Crippen LogP contribution is -2.45. The van der Waals surface area contributed by atoms with Crippen LogP contribution < -0.4 is 5.32 Å². The number of carbonyl (C=O) groups is 4. The van der Waals surface area contributed by atoms with E-state index in [0.717, 1.165) is 38.5 Å². The van der Waals surface area contributed by atoms with Crippen molar-refractivity contribution in [3.05, 3.63) is 52.6 Å². The van der Waals surface area contributed by atoms with Gasteiger partial charge in [0.2, 0.25) is 5.91 Å². The van der Waals surface area contributed by atoms with Crippen LogP contribution in [0.3, 0.4) is 0 Å². The number of phenolic OH excluding ortho intramolecular Hbond substituents is 2. The number of aliphatic hydroxyl groups is 1. The lowest BCUT2D eigenvalue weighted by molar-refractivity contribution is -0.163. The molecule has 260 valence electrons. The molecule has 48 heavy (non-hydrogen) atoms. The summed E-state index contributed by atoms with van der Waals surface area (Å²) < 4.78 is 17.0. The van der Waals surface area contributed by atoms with Crippen LogP contribution in [0, 0.1) is 17.3 Å². The number of anilines is 1. The van der Waals surface area contributed by atoms with Gasteiger partial charge in [0.25, 0.3) is 0 Å². The number of phenols is 2. The summed E-state index contributed by atoms with van der Waals surface area (Å²) in [5.41, 5.74) is 2.81. The maximum absolute atomic E-state index is 12.7. The number of Topliss-reactive ketones (excluding diaryl/α,β-unsaturated/α-hetero) is 1. The molecular formula is C37H47NO10. The van der Waals surface area contributed by atoms with Crippen molar-refractivity contribution in [3.63, 3.8) is 0 Å². The van der Waals surface area contributed by atoms with Gasteiger partial charge in [-0.05, 0) is 97.6 Å². The lowest BCUT2D eigenvalue weighted by atomic mass is 9.55. The molecule has 5 unspecified atom stereocenters. The number of ketones is 1. The second-order valence-corrected chi connectivity index (χ2v) is 13.6. The minimum Gasteiger partial charge on any atom is -0.508 e. The zero-order chi connectivity index (χ0) is 34.3. The summed E-state index contributed by atoms with van der Waals surface area (Å²) in [6.45, 7) is 2.56. The van der Waals surface area contributed by atoms with Crippen molar-refractivity contribution in [1.82, 2.24) is 0 Å². The molecule has 0 aliphatic heterocycles. The summed E-state index contributed by atoms with van der Waals surface area (Å²) in [6, 6.07) is 8.64. The first-order valence-electron chi connectivity index (χ1n) is 17.0. The minimum atomic E-state index is -0.480. The van der Waals surface area contributed by atoms with Crippen LogP contribution in [0.15, 0.2) is 30.3 Å². The molecule has 5 atom stereocenters. The Morgan fingerprint density at radius 3 is 2.58 bits per heavy atom. The molecule has 3 aliphatic carbocycles. The number of aryl methyl sites for hydroxylation is 1. The fourth-order valence-electron chi connectivity index (χ4n) is 8.26. The predicted molar refractivity (Wildman–Crippen MR) is 176 cm³/mol. The molecule has 0 saturated heterocycles. The van der Waals surface area contributed by atoms with E-state index in [-0.39, 0.29) is 79.2 Å². The third-order valence-corrected chi connectivity index (χ3v) is 10.7. The van der Waals surface area contributed by atoms with Gasteiger partial charge in [0.05, 0.1) is 31.1 Å². The standard InChI is InChI=1S/C37H47NO10/c1-37-15-14-28-27-9-6-26(42)19-23(27)4-8-29(28)31(37)10-12-33(37)48-35(44)22-47-18-17-46-16-2-3-25(41)7-13-34(43)38-32-11-5-24(20-39)30(21-40)36(32)45/h5-6,9,11,19,21,28-29,31,33,39,42,45H,2-4,7-8,10,12-18,20,22H2,1H3,(H,38,43). The van der Waals surface area contributed by atoms with Gasteiger partial charge in [-0.25, -0.2) is 4.79 Å². The molecule has 1 amide bonds. The van der Waals surface area contributed by atoms with Gasteiger partial charge in [0.1, 0.15) is 30.0 Å². The number of hydrogen-bond acceptors (Lipinski definition) is 10. The Hall–Kier alpha value is -3.80. The normalized spacial score (nSPS) is 24.2. The average Bonchev–Trinajstić information content (AvgIpc) is 3.40. The fraction of sp³-hybridized carbons (Fsp3) is 0.568. The van der Waals surface area contributed by atoms with Gasteiger partial charge in [-0.15, -0.1) is 0 Å². The number of carbonyl (C=O) groups excluding carboxylic acids is 4. The quantitative estimate of drug-likeness (QED) is 0.0831. The molecule has 5 rings (SSSR count). The molecule has 0 bridgehead atoms. The van der Waals surface area contributed by atoms with E-state index >= 15 is 0 Å². The van der Waals surface area contributed by atoms with Gasteiger partial charge in [0.15, 0.2) is 6.29 Å². The van der Waals surface area contributed by atoms with Gasteiger partial charge < -0.3 is 34.8 Å². The molecule has 4 N–H and O–H groups in total. The number of benzene rings is 2. The number of aldehydes is 1. The van der Waals surface area contributed by atoms with E-state index in [1.807, 2.05) is 6.07 Å². The van der Waals surface area contributed by atoms with Crippen molar-refractivity contribution in [2.45, 2.75) is 89.8 Å². The highest BCUT2D eigenvalue weighted by Crippen LogP contribution is 2.61. The molecule has 2 saturated carbocycles. The first kappa shape index (κ1) is 35.5. The monoisotopic (exact) mass is 665 g/mol. The zero-order valence-electron chi connectivity index (χ0n) is 27.6. The van der Waals surface area contributed by atoms with Crippen LogP contribution in [0.5, 0.6) is 11.5 Å². The summed E-state index contributed by atoms with van der Waals surface area (Å²) >= 11 is 0. The molecule has 0 spiro atoms. The largest absolute Gasteiger partial charge is 0.508 e. The van der Waals surface area contributed by atoms with Crippen molar-refractivity contribution in [2.24, 2.45) is 17.3 Å². The Kier molecular flexibility index (Phi) is 11.9. The Morgan fingerprint density at radius 1 is 0.979 bits per heavy atom. The Bertz CT molecular complexity index is 1490. The molecule has 2 fully saturated rings. The van der Waals surface area contributed by atoms with Crippen LogP contribution in [-0.2, 0) is 41.6 Å². The van der Waals surface area contributed by atoms with Gasteiger partial charge in [0, 0.05) is 31.3 Å². The van der Waals surface area contributed by atoms with Crippen LogP contribution in [0.2, 0.25) is 0 Å². The summed E-state index contributed by atoms with van der Waals surface area (Å²) in [5, 5.41) is 31.8. The zero-order valence-corrected chi connectivity index (χ0v) is 27.6. The number of aliphatic hydroxyl groups excluding tert-OH is 1. The maximum atomic E-state index is 12.7. The van der Waals surface area contributed by atoms with Gasteiger partial charge in [-0.1, -0.05) is 19.1 Å². The number of esters is 1. The Balaban J connectivity index is 0.923. The number of amides is 1. The van der Waals surface area contributed by atoms with Gasteiger partial charge in [-0.2, -0.15) is 0 Å². The second kappa shape index (κ2) is 16.1. The highest BCUT2D eigenvalue weighted by Gasteiger charge is 2.56. The summed E-state index contributed by atoms with van der Waals surface area (Å²) in [6.07, 6.45) is 7.05. The van der Waals surface area contributed by atoms with Gasteiger partial charge in [-0.3, -0.25) is 14.4 Å². The molecule has 0 aromatic heterocycles. The molecule has 11 heteroatoms. The van der Waals surface area contributed by atoms with Crippen molar-refractivity contribution >= 4 is 29.6 Å². The number of rotatable bonds is 16. The van der Waals surface area contributed by atoms with Crippen LogP contribution in [-0.4, -0.2) is 71.8 Å². The van der Waals surface area contributed by atoms with E-state index in [1.54, 1.807) is 6.07 Å². The fourth-order valence-corrected chi connectivity index (χ4v) is 8.26. The minimum absolute atomic E-state index is 0.0223. The Labute approximate surface area is 281 Å². The molecule has 0 heterocycles. The summed E-state index contributed by atoms with van der Waals surface area (Å²) in [7, 11) is 0. The first-order chi connectivity index (χ1) is 23.1. The number of hydrogen-bond donors (Lipinski definition) is 4. The summed E-state index contributed by atoms with van der Waals surface area (Å²) in [5.74, 6) is 0.558. The number of fused-ring (bicyclic) bond motifs is 5. The number of nitrogens with one attached hydrogen (secondary N) is 1. The molecule has 2 aromatic rings. The SMILES string of the molecule is CC12CCC3c4ccc(O)cc4CCC3C1CCC2OC(=O)COCCOCCCC(=O)CCC(=O)Nc1ccc(CO)c(C=O)c1O. The topological polar surface area (TPSA) is 169 Å². The highest BCUT2D eigenvalue weighted by atomic mass is 16.6. The summed E-state index contributed by atoms with van der Waals surface area (Å²) in [4.78, 5) is 48.3. The van der Waals surface area contributed by atoms with Crippen LogP contribution in [0.4, 0.5) is 5.69 Å². The third kappa shape index (κ3) is 8.07. The molecule has 11 nitrogen and oxygen atoms in total. The van der Waals surface area contributed by atoms with E-state index in [9.17, 15) is 34.5 Å². The van der Waals surface area contributed by atoms with Crippen molar-refractivity contribution < 1.29 is 48.7 Å². The van der Waals surface area contributed by atoms with E-state index in [2.05, 4.69) is 18.3 Å². The maximum Gasteiger partial charge on any atom is 0.332 e. The van der Waals surface area contributed by atoms with Crippen LogP contribution >= 0.6 is 0 Å². The number of ether oxygens (including phenoxy) is 3. The molecule has 2 aromatic carbocycles. The van der Waals surface area contributed by atoms with Crippen molar-refractivity contribution in [3.8, 4) is 11.5 Å². The van der Waals surface area contributed by atoms with E-state index in [0.29, 0.717) is 42.8 Å². The number of aromatic hydroxyl groups is 2. The van der Waals surface area contributed by atoms with E-state index in [1.165, 1.54) is 23.3 Å². The lowest BCUT2D eigenvalue weighted by Gasteiger charge is -2.50. The van der Waals surface area contributed by atoms with Crippen molar-refractivity contribution in [2.75, 3.05) is 31.7 Å². The Morgan fingerprint density at radius 2 is 1.79 bits per heavy atom. The highest BCUT2D eigenvalue weighted by molar-refractivity contribution is 5.97. The van der Waals surface area contributed by atoms with E-state index in [4.69, 9.17) is 14.2 Å².